The molecule has 1 N–H and O–H groups in total. The van der Waals surface area contributed by atoms with Gasteiger partial charge < -0.3 is 10.2 Å². The van der Waals surface area contributed by atoms with Gasteiger partial charge in [0.1, 0.15) is 5.82 Å². The fourth-order valence-corrected chi connectivity index (χ4v) is 2.56. The van der Waals surface area contributed by atoms with Gasteiger partial charge in [-0.2, -0.15) is 0 Å². The number of benzene rings is 1. The van der Waals surface area contributed by atoms with Gasteiger partial charge in [-0.1, -0.05) is 17.7 Å². The van der Waals surface area contributed by atoms with Crippen molar-refractivity contribution in [2.75, 3.05) is 20.1 Å². The average Bonchev–Trinajstić information content (AvgIpc) is 2.56. The largest absolute Gasteiger partial charge is 0.310 e. The summed E-state index contributed by atoms with van der Waals surface area (Å²) in [4.78, 5) is 2.37. The molecular formula is C14H20ClFN2. The summed E-state index contributed by atoms with van der Waals surface area (Å²) in [5.74, 6) is -0.350. The molecule has 1 aliphatic heterocycles. The fourth-order valence-electron chi connectivity index (χ4n) is 2.36. The van der Waals surface area contributed by atoms with Crippen LogP contribution in [-0.4, -0.2) is 31.1 Å². The highest BCUT2D eigenvalue weighted by Gasteiger charge is 2.14. The second-order valence-corrected chi connectivity index (χ2v) is 5.47. The maximum Gasteiger partial charge on any atom is 0.141 e. The van der Waals surface area contributed by atoms with Gasteiger partial charge in [0.2, 0.25) is 0 Å². The van der Waals surface area contributed by atoms with Crippen LogP contribution in [0.2, 0.25) is 5.02 Å². The van der Waals surface area contributed by atoms with Crippen LogP contribution in [0, 0.1) is 5.82 Å². The molecule has 0 bridgehead atoms. The molecule has 2 nitrogen and oxygen atoms in total. The molecule has 1 unspecified atom stereocenters. The van der Waals surface area contributed by atoms with E-state index in [0.717, 1.165) is 18.7 Å². The van der Waals surface area contributed by atoms with Crippen molar-refractivity contribution in [1.82, 2.24) is 10.2 Å². The lowest BCUT2D eigenvalue weighted by atomic mass is 10.1. The van der Waals surface area contributed by atoms with Crippen molar-refractivity contribution in [3.05, 3.63) is 34.6 Å². The summed E-state index contributed by atoms with van der Waals surface area (Å²) >= 11 is 5.77. The van der Waals surface area contributed by atoms with E-state index < -0.39 is 0 Å². The molecule has 18 heavy (non-hydrogen) atoms. The van der Waals surface area contributed by atoms with Crippen LogP contribution in [0.3, 0.4) is 0 Å². The lowest BCUT2D eigenvalue weighted by molar-refractivity contribution is 0.343. The van der Waals surface area contributed by atoms with E-state index in [0.29, 0.717) is 6.04 Å². The Morgan fingerprint density at radius 2 is 2.22 bits per heavy atom. The summed E-state index contributed by atoms with van der Waals surface area (Å²) in [7, 11) is 2.17. The van der Waals surface area contributed by atoms with Crippen molar-refractivity contribution >= 4 is 11.6 Å². The molecular weight excluding hydrogens is 251 g/mol. The lowest BCUT2D eigenvalue weighted by Gasteiger charge is -2.17. The zero-order chi connectivity index (χ0) is 13.0. The van der Waals surface area contributed by atoms with Gasteiger partial charge in [-0.05, 0) is 57.1 Å². The maximum atomic E-state index is 13.0. The van der Waals surface area contributed by atoms with E-state index in [9.17, 15) is 4.39 Å². The van der Waals surface area contributed by atoms with Crippen molar-refractivity contribution in [3.8, 4) is 0 Å². The van der Waals surface area contributed by atoms with Crippen molar-refractivity contribution in [3.63, 3.8) is 0 Å². The van der Waals surface area contributed by atoms with E-state index in [1.54, 1.807) is 12.1 Å². The number of halogens is 2. The lowest BCUT2D eigenvalue weighted by Crippen LogP contribution is -2.29. The van der Waals surface area contributed by atoms with Crippen LogP contribution in [0.5, 0.6) is 0 Å². The zero-order valence-corrected chi connectivity index (χ0v) is 11.5. The van der Waals surface area contributed by atoms with Gasteiger partial charge >= 0.3 is 0 Å². The summed E-state index contributed by atoms with van der Waals surface area (Å²) in [5.41, 5.74) is 1.04. The molecule has 1 aliphatic rings. The van der Waals surface area contributed by atoms with Crippen molar-refractivity contribution < 1.29 is 4.39 Å². The van der Waals surface area contributed by atoms with Crippen LogP contribution < -0.4 is 5.32 Å². The Kier molecular flexibility index (Phi) is 4.98. The highest BCUT2D eigenvalue weighted by atomic mass is 35.5. The van der Waals surface area contributed by atoms with Gasteiger partial charge in [-0.3, -0.25) is 0 Å². The third kappa shape index (κ3) is 3.94. The number of rotatable bonds is 3. The SMILES string of the molecule is CN1CCCC(NCc2ccc(F)c(Cl)c2)CC1. The third-order valence-electron chi connectivity index (χ3n) is 3.53. The van der Waals surface area contributed by atoms with Gasteiger partial charge in [-0.15, -0.1) is 0 Å². The molecule has 0 aromatic heterocycles. The van der Waals surface area contributed by atoms with E-state index >= 15 is 0 Å². The molecule has 1 atom stereocenters. The predicted molar refractivity (Wildman–Crippen MR) is 73.4 cm³/mol. The molecule has 4 heteroatoms. The number of likely N-dealkylation sites (tertiary alicyclic amines) is 1. The Hall–Kier alpha value is -0.640. The van der Waals surface area contributed by atoms with Crippen molar-refractivity contribution in [2.45, 2.75) is 31.8 Å². The highest BCUT2D eigenvalue weighted by Crippen LogP contribution is 2.16. The van der Waals surface area contributed by atoms with Gasteiger partial charge in [-0.25, -0.2) is 4.39 Å². The van der Waals surface area contributed by atoms with Crippen LogP contribution in [-0.2, 0) is 6.54 Å². The molecule has 0 amide bonds. The molecule has 0 aliphatic carbocycles. The van der Waals surface area contributed by atoms with Gasteiger partial charge in [0.25, 0.3) is 0 Å². The Bertz CT molecular complexity index is 397. The summed E-state index contributed by atoms with van der Waals surface area (Å²) in [6.45, 7) is 3.08. The van der Waals surface area contributed by atoms with Crippen molar-refractivity contribution in [1.29, 1.82) is 0 Å². The van der Waals surface area contributed by atoms with Crippen LogP contribution in [0.4, 0.5) is 4.39 Å². The topological polar surface area (TPSA) is 15.3 Å². The number of hydrogen-bond acceptors (Lipinski definition) is 2. The first-order valence-electron chi connectivity index (χ1n) is 6.51. The first-order chi connectivity index (χ1) is 8.65. The number of hydrogen-bond donors (Lipinski definition) is 1. The van der Waals surface area contributed by atoms with Gasteiger partial charge in [0.15, 0.2) is 0 Å². The standard InChI is InChI=1S/C14H20ClFN2/c1-18-7-2-3-12(6-8-18)17-10-11-4-5-14(16)13(15)9-11/h4-5,9,12,17H,2-3,6-8,10H2,1H3. The van der Waals surface area contributed by atoms with E-state index in [4.69, 9.17) is 11.6 Å². The Morgan fingerprint density at radius 1 is 1.39 bits per heavy atom. The number of nitrogens with one attached hydrogen (secondary N) is 1. The molecule has 100 valence electrons. The van der Waals surface area contributed by atoms with E-state index in [-0.39, 0.29) is 10.8 Å². The normalized spacial score (nSPS) is 21.8. The molecule has 1 fully saturated rings. The minimum Gasteiger partial charge on any atom is -0.310 e. The Labute approximate surface area is 113 Å². The highest BCUT2D eigenvalue weighted by molar-refractivity contribution is 6.30. The summed E-state index contributed by atoms with van der Waals surface area (Å²) in [6.07, 6.45) is 3.61. The van der Waals surface area contributed by atoms with Gasteiger partial charge in [0.05, 0.1) is 5.02 Å². The molecule has 0 spiro atoms. The molecule has 0 saturated carbocycles. The first kappa shape index (κ1) is 13.8. The summed E-state index contributed by atoms with van der Waals surface area (Å²) in [6, 6.07) is 5.48. The second kappa shape index (κ2) is 6.50. The number of nitrogens with zero attached hydrogens (tertiary/aromatic N) is 1. The monoisotopic (exact) mass is 270 g/mol. The molecule has 1 aromatic carbocycles. The van der Waals surface area contributed by atoms with E-state index in [1.807, 2.05) is 0 Å². The van der Waals surface area contributed by atoms with Crippen LogP contribution in [0.15, 0.2) is 18.2 Å². The van der Waals surface area contributed by atoms with Crippen LogP contribution >= 0.6 is 11.6 Å². The van der Waals surface area contributed by atoms with Crippen LogP contribution in [0.1, 0.15) is 24.8 Å². The Balaban J connectivity index is 1.85. The summed E-state index contributed by atoms with van der Waals surface area (Å²) < 4.78 is 13.0. The fraction of sp³-hybridized carbons (Fsp3) is 0.571. The molecule has 1 saturated heterocycles. The quantitative estimate of drug-likeness (QED) is 0.908. The Morgan fingerprint density at radius 3 is 3.00 bits per heavy atom. The van der Waals surface area contributed by atoms with Crippen molar-refractivity contribution in [2.24, 2.45) is 0 Å². The maximum absolute atomic E-state index is 13.0. The predicted octanol–water partition coefficient (Wildman–Crippen LogP) is 3.05. The van der Waals surface area contributed by atoms with E-state index in [2.05, 4.69) is 17.3 Å². The minimum atomic E-state index is -0.350. The first-order valence-corrected chi connectivity index (χ1v) is 6.89. The molecule has 0 radical (unpaired) electrons. The molecule has 1 aromatic rings. The smallest absolute Gasteiger partial charge is 0.141 e. The molecule has 1 heterocycles. The zero-order valence-electron chi connectivity index (χ0n) is 10.8. The third-order valence-corrected chi connectivity index (χ3v) is 3.82. The van der Waals surface area contributed by atoms with Gasteiger partial charge in [0, 0.05) is 12.6 Å². The van der Waals surface area contributed by atoms with E-state index in [1.165, 1.54) is 31.9 Å². The van der Waals surface area contributed by atoms with Crippen LogP contribution in [0.25, 0.3) is 0 Å². The second-order valence-electron chi connectivity index (χ2n) is 5.06. The average molecular weight is 271 g/mol. The minimum absolute atomic E-state index is 0.204. The summed E-state index contributed by atoms with van der Waals surface area (Å²) in [5, 5.41) is 3.74. The molecule has 2 rings (SSSR count).